The van der Waals surface area contributed by atoms with E-state index in [1.54, 1.807) is 12.5 Å². The number of fused-ring (bicyclic) bond motifs is 1. The smallest absolute Gasteiger partial charge is 0.222 e. The zero-order valence-corrected chi connectivity index (χ0v) is 20.9. The van der Waals surface area contributed by atoms with E-state index in [-0.39, 0.29) is 11.1 Å². The average molecular weight is 450 g/mol. The maximum Gasteiger partial charge on any atom is 0.222 e. The normalized spacial score (nSPS) is 17.6. The summed E-state index contributed by atoms with van der Waals surface area (Å²) in [6.45, 7) is 12.0. The second-order valence-corrected chi connectivity index (χ2v) is 15.1. The molecule has 170 valence electrons. The van der Waals surface area contributed by atoms with E-state index < -0.39 is 8.32 Å². The Balaban J connectivity index is 1.49. The van der Waals surface area contributed by atoms with Gasteiger partial charge in [-0.15, -0.1) is 0 Å². The zero-order chi connectivity index (χ0) is 22.8. The molecule has 0 aliphatic heterocycles. The van der Waals surface area contributed by atoms with Gasteiger partial charge in [0.25, 0.3) is 0 Å². The minimum atomic E-state index is -1.97. The number of hydrogen-bond acceptors (Lipinski definition) is 4. The monoisotopic (exact) mass is 449 g/mol. The Hall–Kier alpha value is -2.37. The first-order valence-corrected chi connectivity index (χ1v) is 14.5. The van der Waals surface area contributed by atoms with Gasteiger partial charge in [0.1, 0.15) is 24.7 Å². The first kappa shape index (κ1) is 22.8. The summed E-state index contributed by atoms with van der Waals surface area (Å²) in [5, 5.41) is 0.134. The summed E-state index contributed by atoms with van der Waals surface area (Å²) in [6.07, 6.45) is 6.32. The van der Waals surface area contributed by atoms with Gasteiger partial charge in [-0.25, -0.2) is 4.98 Å². The fourth-order valence-corrected chi connectivity index (χ4v) is 5.35. The number of hydrogen-bond donors (Lipinski definition) is 0. The Morgan fingerprint density at radius 3 is 2.56 bits per heavy atom. The van der Waals surface area contributed by atoms with Crippen molar-refractivity contribution in [1.29, 1.82) is 0 Å². The molecular weight excluding hydrogens is 414 g/mol. The van der Waals surface area contributed by atoms with Crippen LogP contribution in [-0.2, 0) is 23.9 Å². The van der Waals surface area contributed by atoms with E-state index in [1.165, 1.54) is 16.7 Å². The summed E-state index contributed by atoms with van der Waals surface area (Å²) in [6, 6.07) is 16.8. The van der Waals surface area contributed by atoms with E-state index in [2.05, 4.69) is 69.2 Å². The topological polar surface area (TPSA) is 44.5 Å². The molecule has 0 amide bonds. The molecule has 0 radical (unpaired) electrons. The van der Waals surface area contributed by atoms with Crippen LogP contribution in [0.2, 0.25) is 18.1 Å². The lowest BCUT2D eigenvalue weighted by molar-refractivity contribution is 0.0825. The molecule has 0 saturated heterocycles. The summed E-state index contributed by atoms with van der Waals surface area (Å²) < 4.78 is 18.7. The van der Waals surface area contributed by atoms with Crippen molar-refractivity contribution in [3.63, 3.8) is 0 Å². The van der Waals surface area contributed by atoms with Gasteiger partial charge in [-0.1, -0.05) is 57.2 Å². The zero-order valence-electron chi connectivity index (χ0n) is 19.9. The highest BCUT2D eigenvalue weighted by Crippen LogP contribution is 2.44. The number of oxazole rings is 1. The Morgan fingerprint density at radius 2 is 1.88 bits per heavy atom. The molecule has 0 fully saturated rings. The summed E-state index contributed by atoms with van der Waals surface area (Å²) in [5.41, 5.74) is 3.94. The molecule has 1 aliphatic carbocycles. The number of rotatable bonds is 7. The van der Waals surface area contributed by atoms with Crippen LogP contribution in [0.3, 0.4) is 0 Å². The van der Waals surface area contributed by atoms with Crippen LogP contribution in [0, 0.1) is 5.92 Å². The Kier molecular flexibility index (Phi) is 6.59. The lowest BCUT2D eigenvalue weighted by atomic mass is 9.81. The van der Waals surface area contributed by atoms with Crippen molar-refractivity contribution in [3.8, 4) is 5.75 Å². The molecule has 0 saturated carbocycles. The van der Waals surface area contributed by atoms with Crippen LogP contribution in [0.5, 0.6) is 5.75 Å². The molecule has 4 rings (SSSR count). The third-order valence-electron chi connectivity index (χ3n) is 7.04. The Labute approximate surface area is 193 Å². The predicted octanol–water partition coefficient (Wildman–Crippen LogP) is 7.12. The van der Waals surface area contributed by atoms with Crippen molar-refractivity contribution in [3.05, 3.63) is 83.6 Å². The molecule has 5 heteroatoms. The lowest BCUT2D eigenvalue weighted by Crippen LogP contribution is -2.43. The Bertz CT molecular complexity index is 1010. The molecule has 0 N–H and O–H groups in total. The van der Waals surface area contributed by atoms with Gasteiger partial charge in [0.15, 0.2) is 8.32 Å². The number of aromatic nitrogens is 1. The third-order valence-corrected chi connectivity index (χ3v) is 11.5. The fraction of sp³-hybridized carbons (Fsp3) is 0.444. The van der Waals surface area contributed by atoms with Crippen molar-refractivity contribution in [2.75, 3.05) is 0 Å². The highest BCUT2D eigenvalue weighted by molar-refractivity contribution is 6.74. The lowest BCUT2D eigenvalue weighted by Gasteiger charge is -2.41. The van der Waals surface area contributed by atoms with Crippen molar-refractivity contribution in [2.24, 2.45) is 5.92 Å². The number of nitrogens with zero attached hydrogens (tertiary/aromatic N) is 1. The maximum atomic E-state index is 6.87. The number of ether oxygens (including phenoxy) is 1. The number of benzene rings is 2. The van der Waals surface area contributed by atoms with Crippen molar-refractivity contribution in [2.45, 2.75) is 70.9 Å². The summed E-state index contributed by atoms with van der Waals surface area (Å²) in [5.74, 6) is 2.00. The van der Waals surface area contributed by atoms with Gasteiger partial charge >= 0.3 is 0 Å². The molecule has 1 aromatic heterocycles. The molecular formula is C27H35NO3Si. The second-order valence-electron chi connectivity index (χ2n) is 10.4. The van der Waals surface area contributed by atoms with Crippen LogP contribution in [0.4, 0.5) is 0 Å². The minimum absolute atomic E-state index is 0.104. The summed E-state index contributed by atoms with van der Waals surface area (Å²) in [7, 11) is -1.97. The highest BCUT2D eigenvalue weighted by Gasteiger charge is 2.43. The fourth-order valence-electron chi connectivity index (χ4n) is 4.07. The Morgan fingerprint density at radius 1 is 1.09 bits per heavy atom. The van der Waals surface area contributed by atoms with Crippen LogP contribution >= 0.6 is 0 Å². The van der Waals surface area contributed by atoms with Gasteiger partial charge in [-0.05, 0) is 72.1 Å². The first-order valence-electron chi connectivity index (χ1n) is 11.6. The maximum absolute atomic E-state index is 6.87. The SMILES string of the molecule is CC(C)(C)[Si](C)(C)OC(c1ncco1)C1CCc2cc(OCc3ccccc3)ccc2C1. The molecule has 2 unspecified atom stereocenters. The quantitative estimate of drug-likeness (QED) is 0.360. The van der Waals surface area contributed by atoms with Gasteiger partial charge < -0.3 is 13.6 Å². The van der Waals surface area contributed by atoms with Crippen molar-refractivity contribution in [1.82, 2.24) is 4.98 Å². The number of aryl methyl sites for hydroxylation is 1. The van der Waals surface area contributed by atoms with Crippen LogP contribution < -0.4 is 4.74 Å². The van der Waals surface area contributed by atoms with E-state index in [0.717, 1.165) is 25.0 Å². The molecule has 0 bridgehead atoms. The van der Waals surface area contributed by atoms with E-state index in [4.69, 9.17) is 13.6 Å². The molecule has 0 spiro atoms. The second kappa shape index (κ2) is 9.24. The largest absolute Gasteiger partial charge is 0.489 e. The van der Waals surface area contributed by atoms with Gasteiger partial charge in [-0.2, -0.15) is 0 Å². The van der Waals surface area contributed by atoms with Crippen LogP contribution in [0.25, 0.3) is 0 Å². The van der Waals surface area contributed by atoms with Gasteiger partial charge in [0.05, 0.1) is 6.20 Å². The molecule has 32 heavy (non-hydrogen) atoms. The predicted molar refractivity (Wildman–Crippen MR) is 130 cm³/mol. The van der Waals surface area contributed by atoms with Crippen molar-refractivity contribution < 1.29 is 13.6 Å². The molecule has 2 aromatic carbocycles. The van der Waals surface area contributed by atoms with E-state index in [1.807, 2.05) is 18.2 Å². The molecule has 1 heterocycles. The van der Waals surface area contributed by atoms with Crippen LogP contribution in [-0.4, -0.2) is 13.3 Å². The van der Waals surface area contributed by atoms with Gasteiger partial charge in [-0.3, -0.25) is 0 Å². The van der Waals surface area contributed by atoms with Crippen LogP contribution in [0.15, 0.2) is 65.4 Å². The van der Waals surface area contributed by atoms with E-state index in [9.17, 15) is 0 Å². The first-order chi connectivity index (χ1) is 15.2. The summed E-state index contributed by atoms with van der Waals surface area (Å²) >= 11 is 0. The molecule has 4 nitrogen and oxygen atoms in total. The van der Waals surface area contributed by atoms with Crippen LogP contribution in [0.1, 0.15) is 55.9 Å². The standard InChI is InChI=1S/C27H35NO3Si/c1-27(2,3)32(4,5)31-25(26-28-15-16-29-26)23-12-11-22-18-24(14-13-21(22)17-23)30-19-20-9-7-6-8-10-20/h6-10,13-16,18,23,25H,11-12,17,19H2,1-5H3. The minimum Gasteiger partial charge on any atom is -0.489 e. The summed E-state index contributed by atoms with van der Waals surface area (Å²) in [4.78, 5) is 4.49. The molecule has 1 aliphatic rings. The van der Waals surface area contributed by atoms with E-state index in [0.29, 0.717) is 18.4 Å². The van der Waals surface area contributed by atoms with Gasteiger partial charge in [0.2, 0.25) is 5.89 Å². The van der Waals surface area contributed by atoms with E-state index >= 15 is 0 Å². The van der Waals surface area contributed by atoms with Crippen molar-refractivity contribution >= 4 is 8.32 Å². The molecule has 3 aromatic rings. The molecule has 2 atom stereocenters. The third kappa shape index (κ3) is 5.16. The highest BCUT2D eigenvalue weighted by atomic mass is 28.4. The average Bonchev–Trinajstić information content (AvgIpc) is 3.30. The van der Waals surface area contributed by atoms with Gasteiger partial charge in [0, 0.05) is 0 Å².